The molecule has 0 radical (unpaired) electrons. The summed E-state index contributed by atoms with van der Waals surface area (Å²) in [7, 11) is 3.68. The van der Waals surface area contributed by atoms with Crippen LogP contribution in [0.15, 0.2) is 24.3 Å². The zero-order valence-electron chi connectivity index (χ0n) is 11.9. The molecular weight excluding hydrogens is 243 g/mol. The van der Waals surface area contributed by atoms with Gasteiger partial charge in [0.25, 0.3) is 0 Å². The fourth-order valence-corrected chi connectivity index (χ4v) is 2.09. The number of aryl methyl sites for hydroxylation is 1. The van der Waals surface area contributed by atoms with E-state index in [4.69, 9.17) is 0 Å². The van der Waals surface area contributed by atoms with Gasteiger partial charge in [-0.3, -0.25) is 4.79 Å². The van der Waals surface area contributed by atoms with Crippen molar-refractivity contribution in [1.82, 2.24) is 10.2 Å². The quantitative estimate of drug-likeness (QED) is 0.819. The van der Waals surface area contributed by atoms with Crippen LogP contribution in [0.3, 0.4) is 0 Å². The molecule has 0 bridgehead atoms. The molecule has 0 fully saturated rings. The average Bonchev–Trinajstić information content (AvgIpc) is 2.40. The minimum Gasteiger partial charge on any atom is -0.359 e. The second-order valence-corrected chi connectivity index (χ2v) is 5.01. The first-order valence-electron chi connectivity index (χ1n) is 6.67. The number of rotatable bonds is 7. The molecule has 106 valence electrons. The topological polar surface area (TPSA) is 32.3 Å². The van der Waals surface area contributed by atoms with Crippen molar-refractivity contribution in [1.29, 1.82) is 0 Å². The maximum Gasteiger partial charge on any atom is 0.223 e. The number of carbonyl (C=O) groups is 1. The second-order valence-electron chi connectivity index (χ2n) is 5.01. The Morgan fingerprint density at radius 3 is 2.58 bits per heavy atom. The molecule has 1 rings (SSSR count). The Morgan fingerprint density at radius 2 is 2.00 bits per heavy atom. The van der Waals surface area contributed by atoms with Crippen LogP contribution in [0.1, 0.15) is 18.9 Å². The minimum atomic E-state index is -0.194. The van der Waals surface area contributed by atoms with Gasteiger partial charge in [0.2, 0.25) is 5.91 Å². The van der Waals surface area contributed by atoms with E-state index in [1.165, 1.54) is 12.1 Å². The van der Waals surface area contributed by atoms with Crippen molar-refractivity contribution in [3.8, 4) is 0 Å². The van der Waals surface area contributed by atoms with Crippen LogP contribution < -0.4 is 5.32 Å². The van der Waals surface area contributed by atoms with E-state index < -0.39 is 0 Å². The molecule has 0 saturated carbocycles. The SMILES string of the molecule is CNC(=O)[C@@H](C)CN(C)CCCc1ccc(F)cc1. The number of nitrogens with zero attached hydrogens (tertiary/aromatic N) is 1. The number of hydrogen-bond acceptors (Lipinski definition) is 2. The molecule has 1 aromatic carbocycles. The molecule has 3 nitrogen and oxygen atoms in total. The maximum absolute atomic E-state index is 12.7. The van der Waals surface area contributed by atoms with Crippen LogP contribution in [-0.2, 0) is 11.2 Å². The Kier molecular flexibility index (Phi) is 6.50. The van der Waals surface area contributed by atoms with Gasteiger partial charge < -0.3 is 10.2 Å². The van der Waals surface area contributed by atoms with Gasteiger partial charge in [-0.25, -0.2) is 4.39 Å². The van der Waals surface area contributed by atoms with Crippen molar-refractivity contribution in [2.24, 2.45) is 5.92 Å². The van der Waals surface area contributed by atoms with Crippen molar-refractivity contribution in [2.45, 2.75) is 19.8 Å². The monoisotopic (exact) mass is 266 g/mol. The van der Waals surface area contributed by atoms with Crippen LogP contribution in [-0.4, -0.2) is 38.0 Å². The molecule has 0 aliphatic heterocycles. The molecule has 19 heavy (non-hydrogen) atoms. The number of nitrogens with one attached hydrogen (secondary N) is 1. The summed E-state index contributed by atoms with van der Waals surface area (Å²) in [4.78, 5) is 13.6. The summed E-state index contributed by atoms with van der Waals surface area (Å²) in [6, 6.07) is 6.63. The molecule has 0 aliphatic carbocycles. The first-order chi connectivity index (χ1) is 9.02. The van der Waals surface area contributed by atoms with Crippen LogP contribution in [0, 0.1) is 11.7 Å². The summed E-state index contributed by atoms with van der Waals surface area (Å²) in [5.41, 5.74) is 1.15. The van der Waals surface area contributed by atoms with Gasteiger partial charge in [-0.2, -0.15) is 0 Å². The van der Waals surface area contributed by atoms with Crippen molar-refractivity contribution in [3.63, 3.8) is 0 Å². The van der Waals surface area contributed by atoms with E-state index in [1.807, 2.05) is 26.1 Å². The summed E-state index contributed by atoms with van der Waals surface area (Å²) < 4.78 is 12.7. The summed E-state index contributed by atoms with van der Waals surface area (Å²) in [6.45, 7) is 3.61. The molecule has 0 heterocycles. The predicted octanol–water partition coefficient (Wildman–Crippen LogP) is 2.07. The van der Waals surface area contributed by atoms with E-state index in [0.717, 1.165) is 31.5 Å². The molecule has 0 unspecified atom stereocenters. The molecule has 1 N–H and O–H groups in total. The van der Waals surface area contributed by atoms with Gasteiger partial charge in [-0.15, -0.1) is 0 Å². The van der Waals surface area contributed by atoms with Gasteiger partial charge in [-0.1, -0.05) is 19.1 Å². The van der Waals surface area contributed by atoms with Crippen LogP contribution >= 0.6 is 0 Å². The van der Waals surface area contributed by atoms with E-state index in [-0.39, 0.29) is 17.6 Å². The van der Waals surface area contributed by atoms with Gasteiger partial charge in [0.05, 0.1) is 0 Å². The van der Waals surface area contributed by atoms with Crippen molar-refractivity contribution in [3.05, 3.63) is 35.6 Å². The summed E-state index contributed by atoms with van der Waals surface area (Å²) in [6.07, 6.45) is 1.93. The summed E-state index contributed by atoms with van der Waals surface area (Å²) in [5.74, 6) is -0.119. The molecule has 0 saturated heterocycles. The lowest BCUT2D eigenvalue weighted by Gasteiger charge is -2.20. The van der Waals surface area contributed by atoms with Crippen LogP contribution in [0.25, 0.3) is 0 Å². The first-order valence-corrected chi connectivity index (χ1v) is 6.67. The molecule has 4 heteroatoms. The van der Waals surface area contributed by atoms with Crippen LogP contribution in [0.4, 0.5) is 4.39 Å². The standard InChI is InChI=1S/C15H23FN2O/c1-12(15(19)17-2)11-18(3)10-4-5-13-6-8-14(16)9-7-13/h6-9,12H,4-5,10-11H2,1-3H3,(H,17,19)/t12-/m0/s1. The molecule has 0 aliphatic rings. The third-order valence-electron chi connectivity index (χ3n) is 3.20. The lowest BCUT2D eigenvalue weighted by molar-refractivity contribution is -0.124. The third-order valence-corrected chi connectivity index (χ3v) is 3.20. The Hall–Kier alpha value is -1.42. The zero-order valence-corrected chi connectivity index (χ0v) is 11.9. The number of carbonyl (C=O) groups excluding carboxylic acids is 1. The normalized spacial score (nSPS) is 12.5. The second kappa shape index (κ2) is 7.89. The lowest BCUT2D eigenvalue weighted by atomic mass is 10.1. The lowest BCUT2D eigenvalue weighted by Crippen LogP contribution is -2.34. The van der Waals surface area contributed by atoms with Gasteiger partial charge in [0, 0.05) is 19.5 Å². The van der Waals surface area contributed by atoms with E-state index in [1.54, 1.807) is 7.05 Å². The van der Waals surface area contributed by atoms with Crippen LogP contribution in [0.5, 0.6) is 0 Å². The highest BCUT2D eigenvalue weighted by molar-refractivity contribution is 5.78. The van der Waals surface area contributed by atoms with Crippen molar-refractivity contribution >= 4 is 5.91 Å². The molecule has 0 aromatic heterocycles. The molecular formula is C15H23FN2O. The summed E-state index contributed by atoms with van der Waals surface area (Å²) in [5, 5.41) is 2.66. The van der Waals surface area contributed by atoms with Gasteiger partial charge in [0.15, 0.2) is 0 Å². The first kappa shape index (κ1) is 15.6. The van der Waals surface area contributed by atoms with E-state index >= 15 is 0 Å². The fraction of sp³-hybridized carbons (Fsp3) is 0.533. The predicted molar refractivity (Wildman–Crippen MR) is 75.4 cm³/mol. The summed E-state index contributed by atoms with van der Waals surface area (Å²) >= 11 is 0. The minimum absolute atomic E-state index is 0.000760. The van der Waals surface area contributed by atoms with Crippen molar-refractivity contribution in [2.75, 3.05) is 27.2 Å². The Balaban J connectivity index is 2.25. The van der Waals surface area contributed by atoms with E-state index in [2.05, 4.69) is 10.2 Å². The molecule has 1 aromatic rings. The highest BCUT2D eigenvalue weighted by atomic mass is 19.1. The molecule has 0 spiro atoms. The largest absolute Gasteiger partial charge is 0.359 e. The molecule has 1 amide bonds. The molecule has 1 atom stereocenters. The van der Waals surface area contributed by atoms with Gasteiger partial charge in [0.1, 0.15) is 5.82 Å². The van der Waals surface area contributed by atoms with Crippen molar-refractivity contribution < 1.29 is 9.18 Å². The Labute approximate surface area is 114 Å². The van der Waals surface area contributed by atoms with Crippen LogP contribution in [0.2, 0.25) is 0 Å². The Morgan fingerprint density at radius 1 is 1.37 bits per heavy atom. The van der Waals surface area contributed by atoms with E-state index in [9.17, 15) is 9.18 Å². The fourth-order valence-electron chi connectivity index (χ4n) is 2.09. The zero-order chi connectivity index (χ0) is 14.3. The number of hydrogen-bond donors (Lipinski definition) is 1. The highest BCUT2D eigenvalue weighted by Gasteiger charge is 2.12. The number of benzene rings is 1. The maximum atomic E-state index is 12.7. The number of amides is 1. The van der Waals surface area contributed by atoms with E-state index in [0.29, 0.717) is 0 Å². The van der Waals surface area contributed by atoms with Gasteiger partial charge in [-0.05, 0) is 44.1 Å². The Bertz CT molecular complexity index is 392. The smallest absolute Gasteiger partial charge is 0.223 e. The van der Waals surface area contributed by atoms with Gasteiger partial charge >= 0.3 is 0 Å². The highest BCUT2D eigenvalue weighted by Crippen LogP contribution is 2.06. The third kappa shape index (κ3) is 5.83. The average molecular weight is 266 g/mol. The number of halogens is 1.